The molecule has 1 aliphatic heterocycles. The first-order chi connectivity index (χ1) is 28.8. The molecular formula is C52H101NO6. The van der Waals surface area contributed by atoms with Crippen molar-refractivity contribution in [3.8, 4) is 0 Å². The van der Waals surface area contributed by atoms with Gasteiger partial charge in [-0.05, 0) is 64.5 Å². The van der Waals surface area contributed by atoms with Crippen molar-refractivity contribution in [3.63, 3.8) is 0 Å². The fourth-order valence-electron chi connectivity index (χ4n) is 9.02. The summed E-state index contributed by atoms with van der Waals surface area (Å²) >= 11 is 0. The summed E-state index contributed by atoms with van der Waals surface area (Å²) in [5.74, 6) is 1.01. The minimum atomic E-state index is -0.419. The molecule has 1 fully saturated rings. The number of carbonyl (C=O) groups excluding carboxylic acids is 2. The molecule has 0 aromatic rings. The van der Waals surface area contributed by atoms with Crippen LogP contribution in [0.5, 0.6) is 0 Å². The summed E-state index contributed by atoms with van der Waals surface area (Å²) in [6.45, 7) is 11.9. The van der Waals surface area contributed by atoms with Gasteiger partial charge in [-0.1, -0.05) is 195 Å². The van der Waals surface area contributed by atoms with Crippen molar-refractivity contribution in [2.75, 3.05) is 40.5 Å². The molecule has 1 unspecified atom stereocenters. The standard InChI is InChI=1S/C52H101NO6/c1-7-11-25-33-47(34-26-12-8-2)39-43-56-50(54)37-29-21-17-15-19-23-31-41-52(58-46-49(59-52)45-53(5)6)42-32-24-20-16-18-22-30-38-51(55)57-44-40-48(35-27-13-9-3)36-28-14-10-4/h47-49H,7-46H2,1-6H3. The van der Waals surface area contributed by atoms with Crippen LogP contribution < -0.4 is 0 Å². The van der Waals surface area contributed by atoms with E-state index >= 15 is 0 Å². The summed E-state index contributed by atoms with van der Waals surface area (Å²) in [7, 11) is 4.22. The molecule has 0 bridgehead atoms. The maximum Gasteiger partial charge on any atom is 0.305 e. The lowest BCUT2D eigenvalue weighted by molar-refractivity contribution is -0.180. The maximum absolute atomic E-state index is 12.4. The van der Waals surface area contributed by atoms with Crippen LogP contribution in [0.25, 0.3) is 0 Å². The van der Waals surface area contributed by atoms with Gasteiger partial charge in [0.15, 0.2) is 5.79 Å². The SMILES string of the molecule is CCCCCC(CCCCC)CCOC(=O)CCCCCCCCCC1(CCCCCCCCCC(=O)OCCC(CCCCC)CCCCC)OCC(CN(C)C)O1. The molecule has 350 valence electrons. The average molecular weight is 836 g/mol. The molecule has 1 heterocycles. The van der Waals surface area contributed by atoms with E-state index in [1.54, 1.807) is 0 Å². The van der Waals surface area contributed by atoms with Gasteiger partial charge in [-0.2, -0.15) is 0 Å². The Kier molecular flexibility index (Phi) is 37.5. The summed E-state index contributed by atoms with van der Waals surface area (Å²) in [4.78, 5) is 26.9. The van der Waals surface area contributed by atoms with E-state index in [4.69, 9.17) is 18.9 Å². The van der Waals surface area contributed by atoms with Crippen molar-refractivity contribution in [1.29, 1.82) is 0 Å². The van der Waals surface area contributed by atoms with E-state index in [1.165, 1.54) is 154 Å². The van der Waals surface area contributed by atoms with Gasteiger partial charge in [-0.25, -0.2) is 0 Å². The van der Waals surface area contributed by atoms with Gasteiger partial charge in [0.1, 0.15) is 0 Å². The highest BCUT2D eigenvalue weighted by Gasteiger charge is 2.40. The van der Waals surface area contributed by atoms with E-state index < -0.39 is 5.79 Å². The first kappa shape index (κ1) is 55.8. The van der Waals surface area contributed by atoms with Gasteiger partial charge in [0.2, 0.25) is 0 Å². The van der Waals surface area contributed by atoms with Crippen LogP contribution >= 0.6 is 0 Å². The Morgan fingerprint density at radius 2 is 0.864 bits per heavy atom. The zero-order chi connectivity index (χ0) is 43.1. The molecular weight excluding hydrogens is 735 g/mol. The lowest BCUT2D eigenvalue weighted by atomic mass is 9.92. The molecule has 0 saturated carbocycles. The van der Waals surface area contributed by atoms with Crippen LogP contribution in [0.15, 0.2) is 0 Å². The first-order valence-corrected chi connectivity index (χ1v) is 26.0. The predicted molar refractivity (Wildman–Crippen MR) is 250 cm³/mol. The monoisotopic (exact) mass is 836 g/mol. The molecule has 7 heteroatoms. The van der Waals surface area contributed by atoms with E-state index in [-0.39, 0.29) is 18.0 Å². The van der Waals surface area contributed by atoms with Crippen LogP contribution in [0.4, 0.5) is 0 Å². The molecule has 7 nitrogen and oxygen atoms in total. The number of likely N-dealkylation sites (N-methyl/N-ethyl adjacent to an activating group) is 1. The van der Waals surface area contributed by atoms with Crippen LogP contribution in [-0.2, 0) is 28.5 Å². The van der Waals surface area contributed by atoms with Crippen LogP contribution in [0.1, 0.15) is 259 Å². The van der Waals surface area contributed by atoms with Crippen LogP contribution in [-0.4, -0.2) is 69.2 Å². The maximum atomic E-state index is 12.4. The zero-order valence-electron chi connectivity index (χ0n) is 40.4. The number of hydrogen-bond acceptors (Lipinski definition) is 7. The third-order valence-corrected chi connectivity index (χ3v) is 12.8. The van der Waals surface area contributed by atoms with Gasteiger partial charge in [-0.15, -0.1) is 0 Å². The van der Waals surface area contributed by atoms with Gasteiger partial charge >= 0.3 is 11.9 Å². The molecule has 59 heavy (non-hydrogen) atoms. The Balaban J connectivity index is 2.20. The van der Waals surface area contributed by atoms with Crippen molar-refractivity contribution in [2.24, 2.45) is 11.8 Å². The van der Waals surface area contributed by atoms with Crippen molar-refractivity contribution in [2.45, 2.75) is 271 Å². The Bertz CT molecular complexity index is 862. The third kappa shape index (κ3) is 33.1. The van der Waals surface area contributed by atoms with Crippen LogP contribution in [0.2, 0.25) is 0 Å². The predicted octanol–water partition coefficient (Wildman–Crippen LogP) is 15.1. The number of hydrogen-bond donors (Lipinski definition) is 0. The Hall–Kier alpha value is -1.18. The summed E-state index contributed by atoms with van der Waals surface area (Å²) in [5, 5.41) is 0. The summed E-state index contributed by atoms with van der Waals surface area (Å²) < 4.78 is 24.4. The number of ether oxygens (including phenoxy) is 4. The number of esters is 2. The minimum Gasteiger partial charge on any atom is -0.466 e. The zero-order valence-corrected chi connectivity index (χ0v) is 40.4. The minimum absolute atomic E-state index is 0.000964. The largest absolute Gasteiger partial charge is 0.466 e. The van der Waals surface area contributed by atoms with E-state index in [2.05, 4.69) is 46.7 Å². The van der Waals surface area contributed by atoms with Crippen molar-refractivity contribution in [1.82, 2.24) is 4.90 Å². The van der Waals surface area contributed by atoms with E-state index in [0.717, 1.165) is 70.8 Å². The highest BCUT2D eigenvalue weighted by atomic mass is 16.7. The molecule has 0 amide bonds. The quantitative estimate of drug-likeness (QED) is 0.0447. The molecule has 1 aliphatic rings. The van der Waals surface area contributed by atoms with E-state index in [1.807, 2.05) is 0 Å². The number of nitrogens with zero attached hydrogens (tertiary/aromatic N) is 1. The molecule has 0 aromatic heterocycles. The number of rotatable bonds is 44. The lowest BCUT2D eigenvalue weighted by Gasteiger charge is -2.29. The molecule has 0 aliphatic carbocycles. The fraction of sp³-hybridized carbons (Fsp3) is 0.962. The van der Waals surface area contributed by atoms with Crippen LogP contribution in [0, 0.1) is 11.8 Å². The third-order valence-electron chi connectivity index (χ3n) is 12.8. The Morgan fingerprint density at radius 3 is 1.22 bits per heavy atom. The Labute approximate surface area is 367 Å². The van der Waals surface area contributed by atoms with Gasteiger partial charge < -0.3 is 23.8 Å². The normalized spacial score (nSPS) is 15.2. The van der Waals surface area contributed by atoms with Crippen LogP contribution in [0.3, 0.4) is 0 Å². The summed E-state index contributed by atoms with van der Waals surface area (Å²) in [6, 6.07) is 0. The number of carbonyl (C=O) groups is 2. The summed E-state index contributed by atoms with van der Waals surface area (Å²) in [6.07, 6.45) is 42.1. The van der Waals surface area contributed by atoms with Gasteiger partial charge in [0, 0.05) is 32.2 Å². The lowest BCUT2D eigenvalue weighted by Crippen LogP contribution is -2.33. The topological polar surface area (TPSA) is 74.3 Å². The van der Waals surface area contributed by atoms with Gasteiger partial charge in [-0.3, -0.25) is 9.59 Å². The average Bonchev–Trinajstić information content (AvgIpc) is 3.60. The summed E-state index contributed by atoms with van der Waals surface area (Å²) in [5.41, 5.74) is 0. The molecule has 0 N–H and O–H groups in total. The van der Waals surface area contributed by atoms with E-state index in [0.29, 0.717) is 44.5 Å². The van der Waals surface area contributed by atoms with Gasteiger partial charge in [0.25, 0.3) is 0 Å². The second-order valence-corrected chi connectivity index (χ2v) is 18.9. The molecule has 0 radical (unpaired) electrons. The molecule has 0 aromatic carbocycles. The van der Waals surface area contributed by atoms with Gasteiger partial charge in [0.05, 0.1) is 25.9 Å². The number of unbranched alkanes of at least 4 members (excludes halogenated alkanes) is 20. The molecule has 1 saturated heterocycles. The first-order valence-electron chi connectivity index (χ1n) is 26.0. The molecule has 1 rings (SSSR count). The smallest absolute Gasteiger partial charge is 0.305 e. The second kappa shape index (κ2) is 39.7. The highest BCUT2D eigenvalue weighted by molar-refractivity contribution is 5.69. The second-order valence-electron chi connectivity index (χ2n) is 18.9. The molecule has 0 spiro atoms. The van der Waals surface area contributed by atoms with Crippen molar-refractivity contribution < 1.29 is 28.5 Å². The van der Waals surface area contributed by atoms with E-state index in [9.17, 15) is 9.59 Å². The Morgan fingerprint density at radius 1 is 0.508 bits per heavy atom. The van der Waals surface area contributed by atoms with Crippen molar-refractivity contribution >= 4 is 11.9 Å². The fourth-order valence-corrected chi connectivity index (χ4v) is 9.02. The highest BCUT2D eigenvalue weighted by Crippen LogP contribution is 2.35. The van der Waals surface area contributed by atoms with Crippen molar-refractivity contribution in [3.05, 3.63) is 0 Å². The molecule has 1 atom stereocenters.